The normalized spacial score (nSPS) is 20.6. The molecular weight excluding hydrogens is 278 g/mol. The average molecular weight is 296 g/mol. The first-order valence-corrected chi connectivity index (χ1v) is 7.24. The third kappa shape index (κ3) is 2.23. The number of fused-ring (bicyclic) bond motifs is 1. The van der Waals surface area contributed by atoms with Gasteiger partial charge < -0.3 is 10.5 Å². The lowest BCUT2D eigenvalue weighted by molar-refractivity contribution is 0.274. The summed E-state index contributed by atoms with van der Waals surface area (Å²) in [7, 11) is 0. The van der Waals surface area contributed by atoms with E-state index >= 15 is 0 Å². The molecule has 0 radical (unpaired) electrons. The molecule has 0 amide bonds. The van der Waals surface area contributed by atoms with Crippen LogP contribution in [0.25, 0.3) is 0 Å². The Hall–Kier alpha value is -0.540. The Balaban J connectivity index is 1.85. The summed E-state index contributed by atoms with van der Waals surface area (Å²) >= 11 is 3.57. The van der Waals surface area contributed by atoms with Crippen LogP contribution in [0.2, 0.25) is 0 Å². The maximum Gasteiger partial charge on any atom is 0.127 e. The molecule has 3 heteroatoms. The van der Waals surface area contributed by atoms with Crippen LogP contribution >= 0.6 is 15.9 Å². The summed E-state index contributed by atoms with van der Waals surface area (Å²) < 4.78 is 6.86. The highest BCUT2D eigenvalue weighted by molar-refractivity contribution is 9.10. The number of nitrogens with two attached hydrogens (primary N) is 1. The number of ether oxygens (including phenoxy) is 1. The molecule has 2 N–H and O–H groups in total. The van der Waals surface area contributed by atoms with Gasteiger partial charge >= 0.3 is 0 Å². The van der Waals surface area contributed by atoms with Crippen LogP contribution in [0.4, 0.5) is 0 Å². The van der Waals surface area contributed by atoms with E-state index in [1.807, 2.05) is 0 Å². The first kappa shape index (κ1) is 11.5. The van der Waals surface area contributed by atoms with Gasteiger partial charge in [0.15, 0.2) is 0 Å². The van der Waals surface area contributed by atoms with E-state index in [1.165, 1.54) is 30.4 Å². The standard InChI is InChI=1S/C14H18BrNO/c15-11-7-10-4-5-17-14(10)12(8-11)13(16)6-9-2-1-3-9/h7-9,13H,1-6,16H2. The van der Waals surface area contributed by atoms with Crippen LogP contribution in [-0.2, 0) is 6.42 Å². The van der Waals surface area contributed by atoms with E-state index in [1.54, 1.807) is 0 Å². The fourth-order valence-corrected chi connectivity index (χ4v) is 3.31. The quantitative estimate of drug-likeness (QED) is 0.925. The molecular formula is C14H18BrNO. The van der Waals surface area contributed by atoms with Gasteiger partial charge in [-0.15, -0.1) is 0 Å². The summed E-state index contributed by atoms with van der Waals surface area (Å²) in [5, 5.41) is 0. The van der Waals surface area contributed by atoms with E-state index in [4.69, 9.17) is 10.5 Å². The second kappa shape index (κ2) is 4.62. The van der Waals surface area contributed by atoms with E-state index in [-0.39, 0.29) is 6.04 Å². The van der Waals surface area contributed by atoms with Crippen molar-refractivity contribution in [1.82, 2.24) is 0 Å². The molecule has 1 saturated carbocycles. The molecule has 1 aliphatic heterocycles. The number of benzene rings is 1. The number of rotatable bonds is 3. The maximum absolute atomic E-state index is 6.35. The molecule has 1 unspecified atom stereocenters. The Kier molecular flexibility index (Phi) is 3.14. The van der Waals surface area contributed by atoms with Gasteiger partial charge in [-0.05, 0) is 30.0 Å². The topological polar surface area (TPSA) is 35.2 Å². The van der Waals surface area contributed by atoms with Gasteiger partial charge in [0.05, 0.1) is 6.61 Å². The molecule has 17 heavy (non-hydrogen) atoms. The van der Waals surface area contributed by atoms with Gasteiger partial charge in [0.25, 0.3) is 0 Å². The highest BCUT2D eigenvalue weighted by Crippen LogP contribution is 2.40. The van der Waals surface area contributed by atoms with Gasteiger partial charge in [0, 0.05) is 22.5 Å². The van der Waals surface area contributed by atoms with Gasteiger partial charge in [0.1, 0.15) is 5.75 Å². The van der Waals surface area contributed by atoms with Crippen molar-refractivity contribution >= 4 is 15.9 Å². The zero-order valence-electron chi connectivity index (χ0n) is 9.92. The molecule has 2 nitrogen and oxygen atoms in total. The second-order valence-corrected chi connectivity index (χ2v) is 6.14. The van der Waals surface area contributed by atoms with Gasteiger partial charge in [0.2, 0.25) is 0 Å². The van der Waals surface area contributed by atoms with E-state index in [9.17, 15) is 0 Å². The van der Waals surface area contributed by atoms with Crippen LogP contribution in [0.5, 0.6) is 5.75 Å². The minimum Gasteiger partial charge on any atom is -0.493 e. The van der Waals surface area contributed by atoms with E-state index in [0.717, 1.165) is 35.6 Å². The molecule has 1 fully saturated rings. The van der Waals surface area contributed by atoms with Crippen molar-refractivity contribution in [2.75, 3.05) is 6.61 Å². The summed E-state index contributed by atoms with van der Waals surface area (Å²) in [4.78, 5) is 0. The lowest BCUT2D eigenvalue weighted by Crippen LogP contribution is -2.20. The lowest BCUT2D eigenvalue weighted by Gasteiger charge is -2.28. The van der Waals surface area contributed by atoms with Gasteiger partial charge in [-0.25, -0.2) is 0 Å². The number of hydrogen-bond donors (Lipinski definition) is 1. The number of halogens is 1. The van der Waals surface area contributed by atoms with Crippen LogP contribution in [0.3, 0.4) is 0 Å². The van der Waals surface area contributed by atoms with Gasteiger partial charge in [-0.3, -0.25) is 0 Å². The Labute approximate surface area is 111 Å². The minimum atomic E-state index is 0.129. The summed E-state index contributed by atoms with van der Waals surface area (Å²) in [6.45, 7) is 0.801. The average Bonchev–Trinajstić information content (AvgIpc) is 2.69. The maximum atomic E-state index is 6.35. The SMILES string of the molecule is NC(CC1CCC1)c1cc(Br)cc2c1OCC2. The monoisotopic (exact) mass is 295 g/mol. The summed E-state index contributed by atoms with van der Waals surface area (Å²) in [6, 6.07) is 4.42. The summed E-state index contributed by atoms with van der Waals surface area (Å²) in [5.41, 5.74) is 8.84. The molecule has 1 atom stereocenters. The molecule has 1 heterocycles. The van der Waals surface area contributed by atoms with E-state index in [2.05, 4.69) is 28.1 Å². The fourth-order valence-electron chi connectivity index (χ4n) is 2.79. The Bertz CT molecular complexity index is 428. The molecule has 0 spiro atoms. The molecule has 1 aromatic rings. The van der Waals surface area contributed by atoms with Crippen molar-refractivity contribution in [2.24, 2.45) is 11.7 Å². The molecule has 92 valence electrons. The van der Waals surface area contributed by atoms with Crippen molar-refractivity contribution in [1.29, 1.82) is 0 Å². The van der Waals surface area contributed by atoms with Crippen molar-refractivity contribution in [3.63, 3.8) is 0 Å². The first-order chi connectivity index (χ1) is 8.24. The van der Waals surface area contributed by atoms with Crippen LogP contribution in [0.1, 0.15) is 42.9 Å². The Morgan fingerprint density at radius 1 is 1.41 bits per heavy atom. The second-order valence-electron chi connectivity index (χ2n) is 5.22. The van der Waals surface area contributed by atoms with E-state index in [0.29, 0.717) is 0 Å². The van der Waals surface area contributed by atoms with Crippen LogP contribution < -0.4 is 10.5 Å². The smallest absolute Gasteiger partial charge is 0.127 e. The zero-order valence-corrected chi connectivity index (χ0v) is 11.5. The van der Waals surface area contributed by atoms with Crippen molar-refractivity contribution in [2.45, 2.75) is 38.1 Å². The highest BCUT2D eigenvalue weighted by Gasteiger charge is 2.25. The molecule has 0 bridgehead atoms. The molecule has 2 aliphatic rings. The van der Waals surface area contributed by atoms with Crippen molar-refractivity contribution < 1.29 is 4.74 Å². The van der Waals surface area contributed by atoms with E-state index < -0.39 is 0 Å². The molecule has 1 aliphatic carbocycles. The molecule has 0 saturated heterocycles. The van der Waals surface area contributed by atoms with Crippen LogP contribution in [-0.4, -0.2) is 6.61 Å². The Morgan fingerprint density at radius 2 is 2.24 bits per heavy atom. The predicted octanol–water partition coefficient (Wildman–Crippen LogP) is 3.57. The van der Waals surface area contributed by atoms with Crippen molar-refractivity contribution in [3.8, 4) is 5.75 Å². The minimum absolute atomic E-state index is 0.129. The third-order valence-corrected chi connectivity index (χ3v) is 4.45. The molecule has 1 aromatic carbocycles. The Morgan fingerprint density at radius 3 is 2.94 bits per heavy atom. The van der Waals surface area contributed by atoms with Gasteiger partial charge in [-0.2, -0.15) is 0 Å². The first-order valence-electron chi connectivity index (χ1n) is 6.45. The predicted molar refractivity (Wildman–Crippen MR) is 72.2 cm³/mol. The van der Waals surface area contributed by atoms with Gasteiger partial charge in [-0.1, -0.05) is 35.2 Å². The van der Waals surface area contributed by atoms with Crippen LogP contribution in [0.15, 0.2) is 16.6 Å². The summed E-state index contributed by atoms with van der Waals surface area (Å²) in [5.74, 6) is 1.89. The van der Waals surface area contributed by atoms with Crippen LogP contribution in [0, 0.1) is 5.92 Å². The fraction of sp³-hybridized carbons (Fsp3) is 0.571. The summed E-state index contributed by atoms with van der Waals surface area (Å²) in [6.07, 6.45) is 6.20. The molecule has 0 aromatic heterocycles. The molecule has 3 rings (SSSR count). The highest BCUT2D eigenvalue weighted by atomic mass is 79.9. The largest absolute Gasteiger partial charge is 0.493 e. The zero-order chi connectivity index (χ0) is 11.8. The number of hydrogen-bond acceptors (Lipinski definition) is 2. The third-order valence-electron chi connectivity index (χ3n) is 3.99. The lowest BCUT2D eigenvalue weighted by atomic mass is 9.79. The van der Waals surface area contributed by atoms with Crippen molar-refractivity contribution in [3.05, 3.63) is 27.7 Å².